The third-order valence-corrected chi connectivity index (χ3v) is 1.43. The fourth-order valence-corrected chi connectivity index (χ4v) is 0.868. The second-order valence-corrected chi connectivity index (χ2v) is 4.05. The van der Waals surface area contributed by atoms with E-state index in [2.05, 4.69) is 0 Å². The van der Waals surface area contributed by atoms with E-state index in [9.17, 15) is 9.59 Å². The van der Waals surface area contributed by atoms with Gasteiger partial charge in [0.15, 0.2) is 5.78 Å². The van der Waals surface area contributed by atoms with Crippen LogP contribution in [0.2, 0.25) is 0 Å². The van der Waals surface area contributed by atoms with Crippen molar-refractivity contribution in [1.82, 2.24) is 0 Å². The van der Waals surface area contributed by atoms with E-state index in [4.69, 9.17) is 9.47 Å². The van der Waals surface area contributed by atoms with Crippen LogP contribution in [0.15, 0.2) is 0 Å². The van der Waals surface area contributed by atoms with Crippen molar-refractivity contribution < 1.29 is 19.1 Å². The van der Waals surface area contributed by atoms with E-state index >= 15 is 0 Å². The maximum Gasteiger partial charge on any atom is 0.313 e. The zero-order valence-corrected chi connectivity index (χ0v) is 8.12. The summed E-state index contributed by atoms with van der Waals surface area (Å²) in [6.07, 6.45) is -0.533. The number of hydrogen-bond acceptors (Lipinski definition) is 4. The Kier molecular flexibility index (Phi) is 2.71. The number of Topliss-reactive ketones (excluding diaryl/α,β-unsaturated/α-hetero) is 1. The van der Waals surface area contributed by atoms with Crippen molar-refractivity contribution in [2.24, 2.45) is 0 Å². The van der Waals surface area contributed by atoms with Gasteiger partial charge in [0, 0.05) is 0 Å². The molecule has 0 aromatic carbocycles. The standard InChI is InChI=1S/C9H14O4/c1-9(2,3)13-8(11)4-6(10)7-5-12-7/h7H,4-5H2,1-3H3. The minimum absolute atomic E-state index is 0.179. The lowest BCUT2D eigenvalue weighted by Crippen LogP contribution is -2.26. The zero-order chi connectivity index (χ0) is 10.1. The molecule has 4 heteroatoms. The van der Waals surface area contributed by atoms with Crippen molar-refractivity contribution >= 4 is 11.8 Å². The predicted octanol–water partition coefficient (Wildman–Crippen LogP) is 0.686. The summed E-state index contributed by atoms with van der Waals surface area (Å²) < 4.78 is 9.71. The van der Waals surface area contributed by atoms with Gasteiger partial charge >= 0.3 is 5.97 Å². The second-order valence-electron chi connectivity index (χ2n) is 4.05. The van der Waals surface area contributed by atoms with Crippen LogP contribution < -0.4 is 0 Å². The molecule has 1 unspecified atom stereocenters. The SMILES string of the molecule is CC(C)(C)OC(=O)CC(=O)C1CO1. The van der Waals surface area contributed by atoms with Crippen LogP contribution in [0.4, 0.5) is 0 Å². The Hall–Kier alpha value is -0.900. The second kappa shape index (κ2) is 3.46. The van der Waals surface area contributed by atoms with Gasteiger partial charge in [0.1, 0.15) is 18.1 Å². The topological polar surface area (TPSA) is 55.9 Å². The lowest BCUT2D eigenvalue weighted by molar-refractivity contribution is -0.156. The van der Waals surface area contributed by atoms with Crippen molar-refractivity contribution in [2.45, 2.75) is 38.9 Å². The van der Waals surface area contributed by atoms with Crippen molar-refractivity contribution in [3.63, 3.8) is 0 Å². The van der Waals surface area contributed by atoms with E-state index in [0.717, 1.165) is 0 Å². The highest BCUT2D eigenvalue weighted by Crippen LogP contribution is 2.14. The Morgan fingerprint density at radius 3 is 2.38 bits per heavy atom. The first-order valence-electron chi connectivity index (χ1n) is 4.24. The van der Waals surface area contributed by atoms with E-state index < -0.39 is 11.6 Å². The Morgan fingerprint density at radius 1 is 1.46 bits per heavy atom. The van der Waals surface area contributed by atoms with Crippen LogP contribution in [0.1, 0.15) is 27.2 Å². The number of ketones is 1. The van der Waals surface area contributed by atoms with E-state index in [1.807, 2.05) is 0 Å². The Balaban J connectivity index is 2.28. The number of carbonyl (C=O) groups excluding carboxylic acids is 2. The summed E-state index contributed by atoms with van der Waals surface area (Å²) >= 11 is 0. The van der Waals surface area contributed by atoms with E-state index in [1.165, 1.54) is 0 Å². The molecule has 0 radical (unpaired) electrons. The highest BCUT2D eigenvalue weighted by Gasteiger charge is 2.33. The summed E-state index contributed by atoms with van der Waals surface area (Å²) in [5.74, 6) is -0.665. The Bertz CT molecular complexity index is 222. The van der Waals surface area contributed by atoms with Crippen LogP contribution in [-0.2, 0) is 19.1 Å². The molecule has 0 amide bonds. The van der Waals surface area contributed by atoms with Crippen LogP contribution in [0.25, 0.3) is 0 Å². The third-order valence-electron chi connectivity index (χ3n) is 1.43. The molecule has 0 spiro atoms. The van der Waals surface area contributed by atoms with Crippen molar-refractivity contribution in [3.8, 4) is 0 Å². The Labute approximate surface area is 77.2 Å². The number of hydrogen-bond donors (Lipinski definition) is 0. The van der Waals surface area contributed by atoms with Crippen molar-refractivity contribution in [1.29, 1.82) is 0 Å². The van der Waals surface area contributed by atoms with E-state index in [0.29, 0.717) is 6.61 Å². The number of ether oxygens (including phenoxy) is 2. The first kappa shape index (κ1) is 10.2. The zero-order valence-electron chi connectivity index (χ0n) is 8.12. The summed E-state index contributed by atoms with van der Waals surface area (Å²) in [4.78, 5) is 22.2. The number of carbonyl (C=O) groups is 2. The fourth-order valence-electron chi connectivity index (χ4n) is 0.868. The predicted molar refractivity (Wildman–Crippen MR) is 45.2 cm³/mol. The molecule has 4 nitrogen and oxygen atoms in total. The van der Waals surface area contributed by atoms with Gasteiger partial charge < -0.3 is 9.47 Å². The molecular weight excluding hydrogens is 172 g/mol. The van der Waals surface area contributed by atoms with Crippen LogP contribution in [-0.4, -0.2) is 30.1 Å². The molecule has 0 N–H and O–H groups in total. The lowest BCUT2D eigenvalue weighted by Gasteiger charge is -2.18. The van der Waals surface area contributed by atoms with E-state index in [-0.39, 0.29) is 18.3 Å². The third kappa shape index (κ3) is 4.03. The number of epoxide rings is 1. The highest BCUT2D eigenvalue weighted by atomic mass is 16.6. The molecule has 0 aromatic rings. The van der Waals surface area contributed by atoms with Crippen LogP contribution in [0.3, 0.4) is 0 Å². The molecule has 1 atom stereocenters. The van der Waals surface area contributed by atoms with E-state index in [1.54, 1.807) is 20.8 Å². The summed E-state index contributed by atoms with van der Waals surface area (Å²) in [5.41, 5.74) is -0.526. The van der Waals surface area contributed by atoms with Gasteiger partial charge in [-0.25, -0.2) is 0 Å². The number of esters is 1. The molecular formula is C9H14O4. The molecule has 1 rings (SSSR count). The molecule has 0 bridgehead atoms. The molecule has 0 saturated carbocycles. The molecule has 13 heavy (non-hydrogen) atoms. The van der Waals surface area contributed by atoms with Crippen LogP contribution >= 0.6 is 0 Å². The molecule has 0 aliphatic carbocycles. The van der Waals surface area contributed by atoms with Crippen LogP contribution in [0, 0.1) is 0 Å². The van der Waals surface area contributed by atoms with Gasteiger partial charge in [-0.3, -0.25) is 9.59 Å². The Morgan fingerprint density at radius 2 is 2.00 bits per heavy atom. The lowest BCUT2D eigenvalue weighted by atomic mass is 10.2. The van der Waals surface area contributed by atoms with Gasteiger partial charge in [-0.05, 0) is 20.8 Å². The van der Waals surface area contributed by atoms with Crippen LogP contribution in [0.5, 0.6) is 0 Å². The number of rotatable bonds is 3. The average Bonchev–Trinajstić information content (AvgIpc) is 2.60. The molecule has 1 fully saturated rings. The largest absolute Gasteiger partial charge is 0.460 e. The van der Waals surface area contributed by atoms with Gasteiger partial charge in [0.25, 0.3) is 0 Å². The quantitative estimate of drug-likeness (QED) is 0.369. The molecule has 1 aliphatic rings. The summed E-state index contributed by atoms with van der Waals surface area (Å²) in [6.45, 7) is 5.75. The normalized spacial score (nSPS) is 21.0. The van der Waals surface area contributed by atoms with Gasteiger partial charge in [0.05, 0.1) is 6.61 Å². The maximum atomic E-state index is 11.1. The molecule has 74 valence electrons. The summed E-state index contributed by atoms with van der Waals surface area (Å²) in [7, 11) is 0. The van der Waals surface area contributed by atoms with Crippen molar-refractivity contribution in [3.05, 3.63) is 0 Å². The van der Waals surface area contributed by atoms with Gasteiger partial charge in [-0.15, -0.1) is 0 Å². The maximum absolute atomic E-state index is 11.1. The molecule has 1 saturated heterocycles. The smallest absolute Gasteiger partial charge is 0.313 e. The average molecular weight is 186 g/mol. The highest BCUT2D eigenvalue weighted by molar-refractivity contribution is 5.99. The molecule has 1 heterocycles. The van der Waals surface area contributed by atoms with Gasteiger partial charge in [0.2, 0.25) is 0 Å². The van der Waals surface area contributed by atoms with Crippen molar-refractivity contribution in [2.75, 3.05) is 6.61 Å². The van der Waals surface area contributed by atoms with Gasteiger partial charge in [-0.2, -0.15) is 0 Å². The monoisotopic (exact) mass is 186 g/mol. The minimum atomic E-state index is -0.526. The molecule has 0 aromatic heterocycles. The summed E-state index contributed by atoms with van der Waals surface area (Å²) in [5, 5.41) is 0. The molecule has 1 aliphatic heterocycles. The first-order valence-corrected chi connectivity index (χ1v) is 4.24. The minimum Gasteiger partial charge on any atom is -0.460 e. The van der Waals surface area contributed by atoms with Gasteiger partial charge in [-0.1, -0.05) is 0 Å². The summed E-state index contributed by atoms with van der Waals surface area (Å²) in [6, 6.07) is 0. The first-order chi connectivity index (χ1) is 5.88. The fraction of sp³-hybridized carbons (Fsp3) is 0.778.